The molecule has 1 heterocycles. The number of ether oxygens (including phenoxy) is 1. The predicted octanol–water partition coefficient (Wildman–Crippen LogP) is 2.08. The Labute approximate surface area is 108 Å². The van der Waals surface area contributed by atoms with Gasteiger partial charge in [0.05, 0.1) is 18.5 Å². The van der Waals surface area contributed by atoms with Crippen molar-refractivity contribution in [3.8, 4) is 5.75 Å². The van der Waals surface area contributed by atoms with E-state index in [0.717, 1.165) is 48.9 Å². The molecule has 0 aliphatic carbocycles. The van der Waals surface area contributed by atoms with Gasteiger partial charge >= 0.3 is 0 Å². The second-order valence-corrected chi connectivity index (χ2v) is 4.18. The minimum absolute atomic E-state index is 0.825. The van der Waals surface area contributed by atoms with Crippen LogP contribution in [-0.4, -0.2) is 40.0 Å². The van der Waals surface area contributed by atoms with Gasteiger partial charge in [0.1, 0.15) is 5.75 Å². The summed E-state index contributed by atoms with van der Waals surface area (Å²) >= 11 is 0. The summed E-state index contributed by atoms with van der Waals surface area (Å²) in [4.78, 5) is 6.45. The van der Waals surface area contributed by atoms with E-state index in [-0.39, 0.29) is 0 Å². The maximum atomic E-state index is 5.34. The Morgan fingerprint density at radius 2 is 2.11 bits per heavy atom. The minimum Gasteiger partial charge on any atom is -0.497 e. The van der Waals surface area contributed by atoms with E-state index in [0.29, 0.717) is 0 Å². The van der Waals surface area contributed by atoms with Crippen LogP contribution in [0, 0.1) is 0 Å². The monoisotopic (exact) mass is 245 g/mol. The first kappa shape index (κ1) is 12.6. The summed E-state index contributed by atoms with van der Waals surface area (Å²) < 4.78 is 5.34. The minimum atomic E-state index is 0.825. The molecule has 1 aliphatic heterocycles. The lowest BCUT2D eigenvalue weighted by Crippen LogP contribution is -2.43. The summed E-state index contributed by atoms with van der Waals surface area (Å²) in [5.41, 5.74) is 2.91. The van der Waals surface area contributed by atoms with E-state index in [4.69, 9.17) is 4.74 Å². The molecule has 4 heteroatoms. The molecule has 0 aromatic heterocycles. The molecule has 0 unspecified atom stereocenters. The Hall–Kier alpha value is -1.81. The molecule has 1 saturated heterocycles. The molecule has 0 spiro atoms. The lowest BCUT2D eigenvalue weighted by molar-refractivity contribution is 0.414. The van der Waals surface area contributed by atoms with Crippen molar-refractivity contribution < 1.29 is 4.74 Å². The zero-order valence-corrected chi connectivity index (χ0v) is 10.8. The molecule has 1 aliphatic rings. The first-order valence-corrected chi connectivity index (χ1v) is 6.07. The smallest absolute Gasteiger partial charge is 0.121 e. The van der Waals surface area contributed by atoms with Crippen molar-refractivity contribution in [1.82, 2.24) is 5.32 Å². The summed E-state index contributed by atoms with van der Waals surface area (Å²) in [6, 6.07) is 3.95. The summed E-state index contributed by atoms with van der Waals surface area (Å²) in [6.45, 7) is 11.4. The first-order chi connectivity index (χ1) is 8.80. The highest BCUT2D eigenvalue weighted by molar-refractivity contribution is 5.80. The zero-order chi connectivity index (χ0) is 13.0. The van der Waals surface area contributed by atoms with Crippen LogP contribution in [-0.2, 0) is 0 Å². The second kappa shape index (κ2) is 5.69. The number of nitrogens with one attached hydrogen (secondary N) is 1. The third kappa shape index (κ3) is 2.38. The standard InChI is InChI=1S/C14H19N3O/c1-4-11-9-12(18-3)10-13(14(11)15-2)17-7-5-16-6-8-17/h4,9-10,16H,1-2,5-8H2,3H3. The van der Waals surface area contributed by atoms with Gasteiger partial charge in [0.15, 0.2) is 0 Å². The average Bonchev–Trinajstić information content (AvgIpc) is 2.46. The summed E-state index contributed by atoms with van der Waals surface area (Å²) in [7, 11) is 1.67. The fraction of sp³-hybridized carbons (Fsp3) is 0.357. The van der Waals surface area contributed by atoms with E-state index in [1.807, 2.05) is 12.1 Å². The Morgan fingerprint density at radius 1 is 1.39 bits per heavy atom. The van der Waals surface area contributed by atoms with Gasteiger partial charge in [-0.3, -0.25) is 4.99 Å². The molecule has 1 aromatic rings. The summed E-state index contributed by atoms with van der Waals surface area (Å²) in [5, 5.41) is 3.34. The largest absolute Gasteiger partial charge is 0.497 e. The lowest BCUT2D eigenvalue weighted by atomic mass is 10.1. The highest BCUT2D eigenvalue weighted by Crippen LogP contribution is 2.37. The normalized spacial score (nSPS) is 15.3. The zero-order valence-electron chi connectivity index (χ0n) is 10.8. The molecule has 0 atom stereocenters. The van der Waals surface area contributed by atoms with E-state index < -0.39 is 0 Å². The van der Waals surface area contributed by atoms with Crippen LogP contribution in [0.15, 0.2) is 23.7 Å². The molecule has 0 radical (unpaired) electrons. The Balaban J connectivity index is 2.47. The molecule has 0 amide bonds. The number of piperazine rings is 1. The van der Waals surface area contributed by atoms with E-state index >= 15 is 0 Å². The third-order valence-electron chi connectivity index (χ3n) is 3.16. The summed E-state index contributed by atoms with van der Waals surface area (Å²) in [5.74, 6) is 0.825. The van der Waals surface area contributed by atoms with Crippen molar-refractivity contribution in [3.63, 3.8) is 0 Å². The SMILES string of the molecule is C=Cc1cc(OC)cc(N2CCNCC2)c1N=C. The van der Waals surface area contributed by atoms with Gasteiger partial charge in [-0.2, -0.15) is 0 Å². The number of nitrogens with zero attached hydrogens (tertiary/aromatic N) is 2. The molecular formula is C14H19N3O. The van der Waals surface area contributed by atoms with Crippen LogP contribution in [0.1, 0.15) is 5.56 Å². The molecule has 4 nitrogen and oxygen atoms in total. The van der Waals surface area contributed by atoms with Gasteiger partial charge in [-0.1, -0.05) is 12.7 Å². The van der Waals surface area contributed by atoms with Crippen LogP contribution in [0.25, 0.3) is 6.08 Å². The molecule has 96 valence electrons. The molecule has 0 bridgehead atoms. The Bertz CT molecular complexity index is 451. The van der Waals surface area contributed by atoms with Crippen LogP contribution < -0.4 is 15.0 Å². The van der Waals surface area contributed by atoms with Crippen LogP contribution in [0.2, 0.25) is 0 Å². The van der Waals surface area contributed by atoms with Crippen LogP contribution in [0.5, 0.6) is 5.75 Å². The van der Waals surface area contributed by atoms with E-state index in [2.05, 4.69) is 28.5 Å². The van der Waals surface area contributed by atoms with Crippen LogP contribution >= 0.6 is 0 Å². The van der Waals surface area contributed by atoms with Crippen LogP contribution in [0.3, 0.4) is 0 Å². The highest BCUT2D eigenvalue weighted by Gasteiger charge is 2.17. The van der Waals surface area contributed by atoms with Crippen molar-refractivity contribution in [2.45, 2.75) is 0 Å². The number of rotatable bonds is 4. The van der Waals surface area contributed by atoms with E-state index in [1.165, 1.54) is 0 Å². The van der Waals surface area contributed by atoms with Gasteiger partial charge in [0.25, 0.3) is 0 Å². The van der Waals surface area contributed by atoms with Gasteiger partial charge in [0, 0.05) is 37.8 Å². The molecule has 0 saturated carbocycles. The lowest BCUT2D eigenvalue weighted by Gasteiger charge is -2.31. The van der Waals surface area contributed by atoms with Gasteiger partial charge in [-0.15, -0.1) is 0 Å². The van der Waals surface area contributed by atoms with Crippen molar-refractivity contribution in [2.24, 2.45) is 4.99 Å². The van der Waals surface area contributed by atoms with Crippen molar-refractivity contribution in [1.29, 1.82) is 0 Å². The number of benzene rings is 1. The molecule has 1 fully saturated rings. The fourth-order valence-corrected chi connectivity index (χ4v) is 2.21. The summed E-state index contributed by atoms with van der Waals surface area (Å²) in [6.07, 6.45) is 1.79. The number of hydrogen-bond donors (Lipinski definition) is 1. The van der Waals surface area contributed by atoms with Gasteiger partial charge < -0.3 is 15.0 Å². The Morgan fingerprint density at radius 3 is 2.67 bits per heavy atom. The van der Waals surface area contributed by atoms with E-state index in [1.54, 1.807) is 13.2 Å². The number of hydrogen-bond acceptors (Lipinski definition) is 4. The van der Waals surface area contributed by atoms with Crippen molar-refractivity contribution in [3.05, 3.63) is 24.3 Å². The number of aliphatic imine (C=N–C) groups is 1. The first-order valence-electron chi connectivity index (χ1n) is 6.07. The predicted molar refractivity (Wildman–Crippen MR) is 77.4 cm³/mol. The molecule has 1 N–H and O–H groups in total. The maximum absolute atomic E-state index is 5.34. The number of methoxy groups -OCH3 is 1. The fourth-order valence-electron chi connectivity index (χ4n) is 2.21. The second-order valence-electron chi connectivity index (χ2n) is 4.18. The average molecular weight is 245 g/mol. The molecule has 18 heavy (non-hydrogen) atoms. The van der Waals surface area contributed by atoms with Gasteiger partial charge in [0.2, 0.25) is 0 Å². The third-order valence-corrected chi connectivity index (χ3v) is 3.16. The van der Waals surface area contributed by atoms with Crippen LogP contribution in [0.4, 0.5) is 11.4 Å². The topological polar surface area (TPSA) is 36.9 Å². The van der Waals surface area contributed by atoms with Gasteiger partial charge in [-0.25, -0.2) is 0 Å². The molecule has 2 rings (SSSR count). The van der Waals surface area contributed by atoms with E-state index in [9.17, 15) is 0 Å². The molecule has 1 aromatic carbocycles. The maximum Gasteiger partial charge on any atom is 0.121 e. The number of anilines is 1. The quantitative estimate of drug-likeness (QED) is 0.825. The van der Waals surface area contributed by atoms with Crippen molar-refractivity contribution in [2.75, 3.05) is 38.2 Å². The van der Waals surface area contributed by atoms with Gasteiger partial charge in [-0.05, 0) is 12.8 Å². The van der Waals surface area contributed by atoms with Crippen molar-refractivity contribution >= 4 is 24.2 Å². The molecular weight excluding hydrogens is 226 g/mol. The highest BCUT2D eigenvalue weighted by atomic mass is 16.5. The Kier molecular flexibility index (Phi) is 3.99.